The summed E-state index contributed by atoms with van der Waals surface area (Å²) in [6, 6.07) is 10.3. The van der Waals surface area contributed by atoms with E-state index in [-0.39, 0.29) is 0 Å². The van der Waals surface area contributed by atoms with Gasteiger partial charge in [-0.25, -0.2) is 0 Å². The van der Waals surface area contributed by atoms with Crippen molar-refractivity contribution in [2.75, 3.05) is 13.6 Å². The predicted molar refractivity (Wildman–Crippen MR) is 54.7 cm³/mol. The maximum Gasteiger partial charge on any atom is 0.0669 e. The van der Waals surface area contributed by atoms with E-state index in [2.05, 4.69) is 22.0 Å². The van der Waals surface area contributed by atoms with Crippen LogP contribution in [0.1, 0.15) is 5.56 Å². The first-order chi connectivity index (χ1) is 6.36. The molecular weight excluding hydrogens is 160 g/mol. The molecule has 0 spiro atoms. The van der Waals surface area contributed by atoms with Crippen molar-refractivity contribution >= 4 is 5.71 Å². The molecule has 2 heteroatoms. The number of hydrogen-bond donors (Lipinski definition) is 0. The molecule has 1 aromatic rings. The standard InChI is InChI=1S/C11H12N2/c1-13-8-7-12-11(9-13)10-5-3-2-4-6-10/h2-8H,9H2,1H3. The van der Waals surface area contributed by atoms with Crippen LogP contribution in [0.25, 0.3) is 0 Å². The van der Waals surface area contributed by atoms with Gasteiger partial charge in [-0.1, -0.05) is 30.3 Å². The van der Waals surface area contributed by atoms with Crippen LogP contribution in [-0.4, -0.2) is 24.2 Å². The van der Waals surface area contributed by atoms with Crippen LogP contribution in [0.5, 0.6) is 0 Å². The molecule has 0 fully saturated rings. The van der Waals surface area contributed by atoms with Crippen LogP contribution in [0, 0.1) is 0 Å². The SMILES string of the molecule is CN1C=CN=C(c2ccccc2)C1. The monoisotopic (exact) mass is 172 g/mol. The Morgan fingerprint density at radius 3 is 2.69 bits per heavy atom. The minimum atomic E-state index is 0.889. The van der Waals surface area contributed by atoms with Crippen molar-refractivity contribution in [2.24, 2.45) is 4.99 Å². The minimum absolute atomic E-state index is 0.889. The van der Waals surface area contributed by atoms with E-state index in [0.717, 1.165) is 12.3 Å². The highest BCUT2D eigenvalue weighted by Gasteiger charge is 2.06. The van der Waals surface area contributed by atoms with Gasteiger partial charge in [-0.05, 0) is 5.56 Å². The van der Waals surface area contributed by atoms with Crippen LogP contribution in [0.15, 0.2) is 47.7 Å². The summed E-state index contributed by atoms with van der Waals surface area (Å²) in [6.45, 7) is 0.889. The predicted octanol–water partition coefficient (Wildman–Crippen LogP) is 1.89. The third-order valence-corrected chi connectivity index (χ3v) is 2.06. The van der Waals surface area contributed by atoms with E-state index < -0.39 is 0 Å². The second-order valence-electron chi connectivity index (χ2n) is 3.16. The van der Waals surface area contributed by atoms with Gasteiger partial charge in [-0.15, -0.1) is 0 Å². The highest BCUT2D eigenvalue weighted by Crippen LogP contribution is 2.06. The maximum atomic E-state index is 4.34. The Labute approximate surface area is 78.2 Å². The highest BCUT2D eigenvalue weighted by atomic mass is 15.1. The number of aliphatic imine (C=N–C) groups is 1. The zero-order chi connectivity index (χ0) is 9.10. The Kier molecular flexibility index (Phi) is 2.13. The van der Waals surface area contributed by atoms with Crippen molar-refractivity contribution in [1.82, 2.24) is 4.90 Å². The fourth-order valence-corrected chi connectivity index (χ4v) is 1.36. The van der Waals surface area contributed by atoms with Gasteiger partial charge in [0.2, 0.25) is 0 Å². The average molecular weight is 172 g/mol. The molecule has 13 heavy (non-hydrogen) atoms. The van der Waals surface area contributed by atoms with E-state index in [0.29, 0.717) is 0 Å². The summed E-state index contributed by atoms with van der Waals surface area (Å²) in [7, 11) is 2.05. The Hall–Kier alpha value is -1.57. The number of rotatable bonds is 1. The molecule has 0 atom stereocenters. The molecule has 1 aliphatic heterocycles. The minimum Gasteiger partial charge on any atom is -0.373 e. The summed E-state index contributed by atoms with van der Waals surface area (Å²) >= 11 is 0. The van der Waals surface area contributed by atoms with E-state index in [1.807, 2.05) is 37.6 Å². The van der Waals surface area contributed by atoms with E-state index in [1.54, 1.807) is 0 Å². The van der Waals surface area contributed by atoms with Crippen molar-refractivity contribution in [2.45, 2.75) is 0 Å². The Morgan fingerprint density at radius 2 is 2.00 bits per heavy atom. The molecule has 0 bridgehead atoms. The normalized spacial score (nSPS) is 15.8. The van der Waals surface area contributed by atoms with Gasteiger partial charge in [0.05, 0.1) is 12.3 Å². The third kappa shape index (κ3) is 1.78. The lowest BCUT2D eigenvalue weighted by Crippen LogP contribution is -2.23. The molecule has 0 saturated heterocycles. The quantitative estimate of drug-likeness (QED) is 0.631. The molecular formula is C11H12N2. The summed E-state index contributed by atoms with van der Waals surface area (Å²) in [4.78, 5) is 6.46. The van der Waals surface area contributed by atoms with Crippen LogP contribution < -0.4 is 0 Å². The molecule has 1 heterocycles. The maximum absolute atomic E-state index is 4.34. The van der Waals surface area contributed by atoms with Crippen LogP contribution in [0.3, 0.4) is 0 Å². The number of nitrogens with zero attached hydrogens (tertiary/aromatic N) is 2. The van der Waals surface area contributed by atoms with Crippen molar-refractivity contribution in [3.05, 3.63) is 48.3 Å². The van der Waals surface area contributed by atoms with Gasteiger partial charge < -0.3 is 4.90 Å². The molecule has 0 saturated carbocycles. The molecule has 0 N–H and O–H groups in total. The van der Waals surface area contributed by atoms with Gasteiger partial charge in [0.1, 0.15) is 0 Å². The topological polar surface area (TPSA) is 15.6 Å². The molecule has 0 aromatic heterocycles. The van der Waals surface area contributed by atoms with Crippen molar-refractivity contribution < 1.29 is 0 Å². The van der Waals surface area contributed by atoms with Gasteiger partial charge in [-0.2, -0.15) is 0 Å². The summed E-state index contributed by atoms with van der Waals surface area (Å²) in [5.74, 6) is 0. The first kappa shape index (κ1) is 8.05. The lowest BCUT2D eigenvalue weighted by Gasteiger charge is -2.18. The molecule has 0 unspecified atom stereocenters. The van der Waals surface area contributed by atoms with Crippen LogP contribution >= 0.6 is 0 Å². The van der Waals surface area contributed by atoms with Crippen molar-refractivity contribution in [3.63, 3.8) is 0 Å². The molecule has 1 aromatic carbocycles. The molecule has 2 nitrogen and oxygen atoms in total. The van der Waals surface area contributed by atoms with Crippen LogP contribution in [0.2, 0.25) is 0 Å². The summed E-state index contributed by atoms with van der Waals surface area (Å²) in [5, 5.41) is 0. The molecule has 1 aliphatic rings. The molecule has 0 amide bonds. The van der Waals surface area contributed by atoms with Gasteiger partial charge in [0.15, 0.2) is 0 Å². The average Bonchev–Trinajstić information content (AvgIpc) is 2.19. The Bertz CT molecular complexity index is 338. The van der Waals surface area contributed by atoms with Crippen LogP contribution in [-0.2, 0) is 0 Å². The Balaban J connectivity index is 2.28. The van der Waals surface area contributed by atoms with E-state index in [9.17, 15) is 0 Å². The first-order valence-electron chi connectivity index (χ1n) is 4.35. The van der Waals surface area contributed by atoms with Gasteiger partial charge in [-0.3, -0.25) is 4.99 Å². The zero-order valence-corrected chi connectivity index (χ0v) is 7.64. The lowest BCUT2D eigenvalue weighted by molar-refractivity contribution is 0.517. The number of hydrogen-bond acceptors (Lipinski definition) is 2. The Morgan fingerprint density at radius 1 is 1.23 bits per heavy atom. The highest BCUT2D eigenvalue weighted by molar-refractivity contribution is 6.02. The van der Waals surface area contributed by atoms with Crippen molar-refractivity contribution in [1.29, 1.82) is 0 Å². The largest absolute Gasteiger partial charge is 0.373 e. The molecule has 0 radical (unpaired) electrons. The summed E-state index contributed by atoms with van der Waals surface area (Å²) in [6.07, 6.45) is 3.82. The van der Waals surface area contributed by atoms with Crippen molar-refractivity contribution in [3.8, 4) is 0 Å². The van der Waals surface area contributed by atoms with E-state index >= 15 is 0 Å². The number of benzene rings is 1. The fraction of sp³-hybridized carbons (Fsp3) is 0.182. The van der Waals surface area contributed by atoms with Gasteiger partial charge >= 0.3 is 0 Å². The van der Waals surface area contributed by atoms with Gasteiger partial charge in [0.25, 0.3) is 0 Å². The number of likely N-dealkylation sites (N-methyl/N-ethyl adjacent to an activating group) is 1. The summed E-state index contributed by atoms with van der Waals surface area (Å²) < 4.78 is 0. The second kappa shape index (κ2) is 3.44. The van der Waals surface area contributed by atoms with Gasteiger partial charge in [0, 0.05) is 19.4 Å². The lowest BCUT2D eigenvalue weighted by atomic mass is 10.1. The second-order valence-corrected chi connectivity index (χ2v) is 3.16. The molecule has 0 aliphatic carbocycles. The smallest absolute Gasteiger partial charge is 0.0669 e. The zero-order valence-electron chi connectivity index (χ0n) is 7.64. The molecule has 66 valence electrons. The first-order valence-corrected chi connectivity index (χ1v) is 4.35. The van der Waals surface area contributed by atoms with E-state index in [4.69, 9.17) is 0 Å². The van der Waals surface area contributed by atoms with E-state index in [1.165, 1.54) is 5.56 Å². The summed E-state index contributed by atoms with van der Waals surface area (Å²) in [5.41, 5.74) is 2.34. The van der Waals surface area contributed by atoms with Crippen LogP contribution in [0.4, 0.5) is 0 Å². The fourth-order valence-electron chi connectivity index (χ4n) is 1.36. The third-order valence-electron chi connectivity index (χ3n) is 2.06. The molecule has 2 rings (SSSR count).